The minimum atomic E-state index is -0.289. The molecule has 4 nitrogen and oxygen atoms in total. The summed E-state index contributed by atoms with van der Waals surface area (Å²) in [7, 11) is 0. The van der Waals surface area contributed by atoms with Gasteiger partial charge in [0, 0.05) is 30.1 Å². The topological polar surface area (TPSA) is 46.6 Å². The highest BCUT2D eigenvalue weighted by molar-refractivity contribution is 5.97. The van der Waals surface area contributed by atoms with Crippen molar-refractivity contribution < 1.29 is 18.7 Å². The van der Waals surface area contributed by atoms with Gasteiger partial charge in [-0.05, 0) is 56.2 Å². The van der Waals surface area contributed by atoms with Crippen LogP contribution >= 0.6 is 0 Å². The van der Waals surface area contributed by atoms with Crippen LogP contribution in [-0.4, -0.2) is 36.3 Å². The van der Waals surface area contributed by atoms with Crippen LogP contribution in [0.1, 0.15) is 40.5 Å². The van der Waals surface area contributed by atoms with Crippen LogP contribution in [0.15, 0.2) is 48.5 Å². The van der Waals surface area contributed by atoms with Crippen LogP contribution in [0.2, 0.25) is 0 Å². The Morgan fingerprint density at radius 2 is 1.73 bits per heavy atom. The van der Waals surface area contributed by atoms with Gasteiger partial charge in [-0.3, -0.25) is 9.59 Å². The average molecular weight is 355 g/mol. The van der Waals surface area contributed by atoms with Gasteiger partial charge in [-0.15, -0.1) is 0 Å². The van der Waals surface area contributed by atoms with Crippen molar-refractivity contribution in [3.8, 4) is 5.75 Å². The zero-order valence-corrected chi connectivity index (χ0v) is 14.8. The van der Waals surface area contributed by atoms with Crippen LogP contribution in [0.25, 0.3) is 0 Å². The molecule has 1 aliphatic heterocycles. The molecule has 0 bridgehead atoms. The summed E-state index contributed by atoms with van der Waals surface area (Å²) in [5, 5.41) is 0. The number of piperidine rings is 1. The monoisotopic (exact) mass is 355 g/mol. The second kappa shape index (κ2) is 8.13. The molecule has 0 aliphatic carbocycles. The molecule has 0 radical (unpaired) electrons. The molecule has 3 rings (SSSR count). The lowest BCUT2D eigenvalue weighted by Crippen LogP contribution is -2.41. The molecule has 1 heterocycles. The van der Waals surface area contributed by atoms with Gasteiger partial charge in [0.05, 0.1) is 6.61 Å². The summed E-state index contributed by atoms with van der Waals surface area (Å²) in [6.07, 6.45) is 1.92. The fraction of sp³-hybridized carbons (Fsp3) is 0.333. The Bertz CT molecular complexity index is 771. The molecular formula is C21H22FNO3. The third-order valence-corrected chi connectivity index (χ3v) is 4.64. The van der Waals surface area contributed by atoms with E-state index < -0.39 is 0 Å². The molecule has 1 atom stereocenters. The molecule has 26 heavy (non-hydrogen) atoms. The lowest BCUT2D eigenvalue weighted by Gasteiger charge is -2.32. The molecule has 2 aromatic carbocycles. The van der Waals surface area contributed by atoms with Crippen molar-refractivity contribution in [1.29, 1.82) is 0 Å². The van der Waals surface area contributed by atoms with Gasteiger partial charge in [0.1, 0.15) is 11.6 Å². The SMILES string of the molecule is CC(=O)c1ccc(C(=O)N2CCCC(COc3ccc(F)cc3)C2)cc1. The molecule has 0 N–H and O–H groups in total. The van der Waals surface area contributed by atoms with E-state index in [2.05, 4.69) is 0 Å². The zero-order valence-electron chi connectivity index (χ0n) is 14.8. The van der Waals surface area contributed by atoms with E-state index in [1.807, 2.05) is 4.90 Å². The summed E-state index contributed by atoms with van der Waals surface area (Å²) in [6, 6.07) is 12.8. The van der Waals surface area contributed by atoms with Gasteiger partial charge >= 0.3 is 0 Å². The number of hydrogen-bond acceptors (Lipinski definition) is 3. The van der Waals surface area contributed by atoms with Gasteiger partial charge in [0.2, 0.25) is 0 Å². The highest BCUT2D eigenvalue weighted by Crippen LogP contribution is 2.21. The Morgan fingerprint density at radius 1 is 1.08 bits per heavy atom. The minimum Gasteiger partial charge on any atom is -0.493 e. The number of hydrogen-bond donors (Lipinski definition) is 0. The van der Waals surface area contributed by atoms with Gasteiger partial charge < -0.3 is 9.64 Å². The van der Waals surface area contributed by atoms with Crippen molar-refractivity contribution in [3.63, 3.8) is 0 Å². The minimum absolute atomic E-state index is 0.0139. The van der Waals surface area contributed by atoms with E-state index in [1.54, 1.807) is 36.4 Å². The summed E-state index contributed by atoms with van der Waals surface area (Å²) in [5.41, 5.74) is 1.20. The standard InChI is InChI=1S/C21H22FNO3/c1-15(24)17-4-6-18(7-5-17)21(25)23-12-2-3-16(13-23)14-26-20-10-8-19(22)9-11-20/h4-11,16H,2-3,12-14H2,1H3. The second-order valence-electron chi connectivity index (χ2n) is 6.66. The Balaban J connectivity index is 1.57. The number of rotatable bonds is 5. The van der Waals surface area contributed by atoms with Gasteiger partial charge in [-0.1, -0.05) is 12.1 Å². The van der Waals surface area contributed by atoms with Crippen LogP contribution in [-0.2, 0) is 0 Å². The van der Waals surface area contributed by atoms with Crippen molar-refractivity contribution in [3.05, 3.63) is 65.5 Å². The molecule has 0 saturated carbocycles. The highest BCUT2D eigenvalue weighted by Gasteiger charge is 2.25. The first kappa shape index (κ1) is 18.1. The van der Waals surface area contributed by atoms with Gasteiger partial charge in [-0.2, -0.15) is 0 Å². The summed E-state index contributed by atoms with van der Waals surface area (Å²) in [6.45, 7) is 3.36. The van der Waals surface area contributed by atoms with E-state index in [9.17, 15) is 14.0 Å². The number of amides is 1. The molecule has 1 fully saturated rings. The number of likely N-dealkylation sites (tertiary alicyclic amines) is 1. The lowest BCUT2D eigenvalue weighted by molar-refractivity contribution is 0.0633. The van der Waals surface area contributed by atoms with E-state index in [0.717, 1.165) is 19.4 Å². The molecule has 2 aromatic rings. The maximum Gasteiger partial charge on any atom is 0.253 e. The maximum atomic E-state index is 12.9. The molecule has 1 saturated heterocycles. The first-order valence-corrected chi connectivity index (χ1v) is 8.81. The van der Waals surface area contributed by atoms with Crippen molar-refractivity contribution in [1.82, 2.24) is 4.90 Å². The predicted octanol–water partition coefficient (Wildman–Crippen LogP) is 3.96. The van der Waals surface area contributed by atoms with E-state index in [-0.39, 0.29) is 23.4 Å². The van der Waals surface area contributed by atoms with Crippen LogP contribution in [0, 0.1) is 11.7 Å². The summed E-state index contributed by atoms with van der Waals surface area (Å²) in [5.74, 6) is 0.554. The van der Waals surface area contributed by atoms with Crippen molar-refractivity contribution in [2.75, 3.05) is 19.7 Å². The van der Waals surface area contributed by atoms with Gasteiger partial charge in [-0.25, -0.2) is 4.39 Å². The molecular weight excluding hydrogens is 333 g/mol. The van der Waals surface area contributed by atoms with Crippen molar-refractivity contribution >= 4 is 11.7 Å². The van der Waals surface area contributed by atoms with E-state index >= 15 is 0 Å². The highest BCUT2D eigenvalue weighted by atomic mass is 19.1. The van der Waals surface area contributed by atoms with Gasteiger partial charge in [0.25, 0.3) is 5.91 Å². The van der Waals surface area contributed by atoms with E-state index in [0.29, 0.717) is 30.0 Å². The third-order valence-electron chi connectivity index (χ3n) is 4.64. The summed E-state index contributed by atoms with van der Waals surface area (Å²) in [4.78, 5) is 25.9. The lowest BCUT2D eigenvalue weighted by atomic mass is 9.98. The zero-order chi connectivity index (χ0) is 18.5. The largest absolute Gasteiger partial charge is 0.493 e. The summed E-state index contributed by atoms with van der Waals surface area (Å²) >= 11 is 0. The average Bonchev–Trinajstić information content (AvgIpc) is 2.67. The molecule has 0 aromatic heterocycles. The Kier molecular flexibility index (Phi) is 5.66. The number of ketones is 1. The molecule has 136 valence electrons. The number of nitrogens with zero attached hydrogens (tertiary/aromatic N) is 1. The van der Waals surface area contributed by atoms with Crippen molar-refractivity contribution in [2.45, 2.75) is 19.8 Å². The normalized spacial score (nSPS) is 17.0. The summed E-state index contributed by atoms with van der Waals surface area (Å²) < 4.78 is 18.7. The molecule has 1 aliphatic rings. The van der Waals surface area contributed by atoms with E-state index in [1.165, 1.54) is 19.1 Å². The quantitative estimate of drug-likeness (QED) is 0.763. The predicted molar refractivity (Wildman–Crippen MR) is 97.0 cm³/mol. The number of Topliss-reactive ketones (excluding diaryl/α,β-unsaturated/α-hetero) is 1. The molecule has 0 spiro atoms. The van der Waals surface area contributed by atoms with Crippen LogP contribution in [0.4, 0.5) is 4.39 Å². The first-order valence-electron chi connectivity index (χ1n) is 8.81. The Morgan fingerprint density at radius 3 is 2.38 bits per heavy atom. The number of benzene rings is 2. The second-order valence-corrected chi connectivity index (χ2v) is 6.66. The van der Waals surface area contributed by atoms with E-state index in [4.69, 9.17) is 4.74 Å². The molecule has 5 heteroatoms. The Labute approximate surface area is 152 Å². The smallest absolute Gasteiger partial charge is 0.253 e. The Hall–Kier alpha value is -2.69. The van der Waals surface area contributed by atoms with Crippen LogP contribution in [0.5, 0.6) is 5.75 Å². The number of carbonyl (C=O) groups excluding carboxylic acids is 2. The van der Waals surface area contributed by atoms with Crippen LogP contribution in [0.3, 0.4) is 0 Å². The van der Waals surface area contributed by atoms with Gasteiger partial charge in [0.15, 0.2) is 5.78 Å². The molecule has 1 amide bonds. The molecule has 1 unspecified atom stereocenters. The number of halogens is 1. The first-order chi connectivity index (χ1) is 12.5. The fourth-order valence-electron chi connectivity index (χ4n) is 3.16. The fourth-order valence-corrected chi connectivity index (χ4v) is 3.16. The number of carbonyl (C=O) groups is 2. The third kappa shape index (κ3) is 4.48. The number of ether oxygens (including phenoxy) is 1. The maximum absolute atomic E-state index is 12.9. The van der Waals surface area contributed by atoms with Crippen LogP contribution < -0.4 is 4.74 Å². The van der Waals surface area contributed by atoms with Crippen molar-refractivity contribution in [2.24, 2.45) is 5.92 Å².